The molecule has 106 valence electrons. The molecule has 0 amide bonds. The number of fused-ring (bicyclic) bond motifs is 1. The van der Waals surface area contributed by atoms with Crippen molar-refractivity contribution >= 4 is 22.1 Å². The molecule has 4 heteroatoms. The highest BCUT2D eigenvalue weighted by atomic mass is 32.1. The molecule has 0 aliphatic rings. The first kappa shape index (κ1) is 13.1. The average Bonchev–Trinajstić information content (AvgIpc) is 3.10. The Hall–Kier alpha value is -2.59. The Bertz CT molecular complexity index is 902. The van der Waals surface area contributed by atoms with Crippen molar-refractivity contribution in [2.75, 3.05) is 0 Å². The number of thiophene rings is 1. The molecule has 0 bridgehead atoms. The molecule has 0 aliphatic heterocycles. The quantitative estimate of drug-likeness (QED) is 0.565. The summed E-state index contributed by atoms with van der Waals surface area (Å²) in [5, 5.41) is 15.5. The standard InChI is InChI=1S/C18H13N3S/c1-2-4-16-15(3-1)17(11-13-5-8-19-9-6-13)20-21-18(16)14-7-10-22-12-14/h1-10,12H,11H2. The van der Waals surface area contributed by atoms with E-state index in [4.69, 9.17) is 0 Å². The molecule has 3 nitrogen and oxygen atoms in total. The van der Waals surface area contributed by atoms with Crippen LogP contribution in [-0.2, 0) is 6.42 Å². The van der Waals surface area contributed by atoms with Crippen molar-refractivity contribution in [3.05, 3.63) is 76.9 Å². The summed E-state index contributed by atoms with van der Waals surface area (Å²) in [6, 6.07) is 14.5. The summed E-state index contributed by atoms with van der Waals surface area (Å²) in [7, 11) is 0. The smallest absolute Gasteiger partial charge is 0.102 e. The van der Waals surface area contributed by atoms with E-state index in [0.717, 1.165) is 34.1 Å². The first-order valence-electron chi connectivity index (χ1n) is 7.07. The lowest BCUT2D eigenvalue weighted by molar-refractivity contribution is 0.961. The van der Waals surface area contributed by atoms with Gasteiger partial charge in [0.1, 0.15) is 5.69 Å². The van der Waals surface area contributed by atoms with E-state index in [1.807, 2.05) is 24.5 Å². The van der Waals surface area contributed by atoms with E-state index in [2.05, 4.69) is 56.3 Å². The Morgan fingerprint density at radius 3 is 2.45 bits per heavy atom. The fourth-order valence-electron chi connectivity index (χ4n) is 2.60. The van der Waals surface area contributed by atoms with Crippen LogP contribution in [0.2, 0.25) is 0 Å². The maximum atomic E-state index is 4.49. The third-order valence-corrected chi connectivity index (χ3v) is 4.36. The van der Waals surface area contributed by atoms with E-state index in [-0.39, 0.29) is 0 Å². The summed E-state index contributed by atoms with van der Waals surface area (Å²) in [5.74, 6) is 0. The highest BCUT2D eigenvalue weighted by Crippen LogP contribution is 2.29. The molecule has 3 heterocycles. The molecule has 1 aromatic carbocycles. The molecule has 22 heavy (non-hydrogen) atoms. The zero-order valence-corrected chi connectivity index (χ0v) is 12.6. The molecule has 0 radical (unpaired) electrons. The summed E-state index contributed by atoms with van der Waals surface area (Å²) in [6.07, 6.45) is 4.38. The predicted octanol–water partition coefficient (Wildman–Crippen LogP) is 4.34. The predicted molar refractivity (Wildman–Crippen MR) is 89.9 cm³/mol. The molecular weight excluding hydrogens is 290 g/mol. The minimum atomic E-state index is 0.764. The number of nitrogens with zero attached hydrogens (tertiary/aromatic N) is 3. The zero-order chi connectivity index (χ0) is 14.8. The fraction of sp³-hybridized carbons (Fsp3) is 0.0556. The molecule has 0 atom stereocenters. The van der Waals surface area contributed by atoms with E-state index >= 15 is 0 Å². The number of hydrogen-bond acceptors (Lipinski definition) is 4. The monoisotopic (exact) mass is 303 g/mol. The van der Waals surface area contributed by atoms with Gasteiger partial charge in [-0.1, -0.05) is 24.3 Å². The van der Waals surface area contributed by atoms with Crippen LogP contribution < -0.4 is 0 Å². The number of rotatable bonds is 3. The molecule has 0 saturated carbocycles. The maximum Gasteiger partial charge on any atom is 0.102 e. The highest BCUT2D eigenvalue weighted by Gasteiger charge is 2.11. The van der Waals surface area contributed by atoms with Crippen LogP contribution in [-0.4, -0.2) is 15.2 Å². The largest absolute Gasteiger partial charge is 0.265 e. The normalized spacial score (nSPS) is 10.9. The lowest BCUT2D eigenvalue weighted by Crippen LogP contribution is -1.99. The van der Waals surface area contributed by atoms with Gasteiger partial charge < -0.3 is 0 Å². The number of pyridine rings is 1. The van der Waals surface area contributed by atoms with E-state index in [1.54, 1.807) is 11.3 Å². The van der Waals surface area contributed by atoms with E-state index in [9.17, 15) is 0 Å². The van der Waals surface area contributed by atoms with Crippen molar-refractivity contribution in [3.63, 3.8) is 0 Å². The Kier molecular flexibility index (Phi) is 3.37. The van der Waals surface area contributed by atoms with Gasteiger partial charge in [-0.25, -0.2) is 0 Å². The van der Waals surface area contributed by atoms with E-state index < -0.39 is 0 Å². The second kappa shape index (κ2) is 5.66. The van der Waals surface area contributed by atoms with Gasteiger partial charge in [-0.2, -0.15) is 16.4 Å². The Balaban J connectivity index is 1.86. The maximum absolute atomic E-state index is 4.49. The molecular formula is C18H13N3S. The fourth-order valence-corrected chi connectivity index (χ4v) is 3.24. The molecule has 0 unspecified atom stereocenters. The lowest BCUT2D eigenvalue weighted by atomic mass is 10.0. The Labute approximate surface area is 132 Å². The van der Waals surface area contributed by atoms with Crippen LogP contribution in [0.15, 0.2) is 65.6 Å². The van der Waals surface area contributed by atoms with Gasteiger partial charge in [0.15, 0.2) is 0 Å². The average molecular weight is 303 g/mol. The minimum absolute atomic E-state index is 0.764. The van der Waals surface area contributed by atoms with Crippen molar-refractivity contribution in [1.82, 2.24) is 15.2 Å². The van der Waals surface area contributed by atoms with Crippen LogP contribution in [0.5, 0.6) is 0 Å². The van der Waals surface area contributed by atoms with Crippen molar-refractivity contribution in [3.8, 4) is 11.3 Å². The third-order valence-electron chi connectivity index (χ3n) is 3.68. The van der Waals surface area contributed by atoms with Gasteiger partial charge in [-0.15, -0.1) is 5.10 Å². The SMILES string of the molecule is c1ccc2c(-c3ccsc3)nnc(Cc3ccncc3)c2c1. The molecule has 0 N–H and O–H groups in total. The van der Waals surface area contributed by atoms with Crippen LogP contribution in [0.25, 0.3) is 22.0 Å². The molecule has 4 aromatic rings. The highest BCUT2D eigenvalue weighted by molar-refractivity contribution is 7.08. The van der Waals surface area contributed by atoms with Crippen molar-refractivity contribution in [2.24, 2.45) is 0 Å². The zero-order valence-electron chi connectivity index (χ0n) is 11.8. The van der Waals surface area contributed by atoms with Gasteiger partial charge in [0, 0.05) is 40.5 Å². The van der Waals surface area contributed by atoms with Gasteiger partial charge in [0.25, 0.3) is 0 Å². The lowest BCUT2D eigenvalue weighted by Gasteiger charge is -2.08. The Morgan fingerprint density at radius 1 is 0.864 bits per heavy atom. The number of benzene rings is 1. The van der Waals surface area contributed by atoms with Crippen LogP contribution in [0.1, 0.15) is 11.3 Å². The first-order chi connectivity index (χ1) is 10.9. The van der Waals surface area contributed by atoms with Gasteiger partial charge in [0.2, 0.25) is 0 Å². The van der Waals surface area contributed by atoms with Crippen molar-refractivity contribution < 1.29 is 0 Å². The molecule has 0 fully saturated rings. The molecule has 3 aromatic heterocycles. The number of hydrogen-bond donors (Lipinski definition) is 0. The number of aromatic nitrogens is 3. The van der Waals surface area contributed by atoms with Crippen LogP contribution in [0.3, 0.4) is 0 Å². The van der Waals surface area contributed by atoms with Crippen molar-refractivity contribution in [1.29, 1.82) is 0 Å². The van der Waals surface area contributed by atoms with Crippen LogP contribution in [0, 0.1) is 0 Å². The minimum Gasteiger partial charge on any atom is -0.265 e. The first-order valence-corrected chi connectivity index (χ1v) is 8.02. The van der Waals surface area contributed by atoms with E-state index in [0.29, 0.717) is 0 Å². The molecule has 0 spiro atoms. The van der Waals surface area contributed by atoms with Crippen LogP contribution in [0.4, 0.5) is 0 Å². The third kappa shape index (κ3) is 2.38. The molecule has 0 saturated heterocycles. The van der Waals surface area contributed by atoms with Crippen molar-refractivity contribution in [2.45, 2.75) is 6.42 Å². The molecule has 0 aliphatic carbocycles. The summed E-state index contributed by atoms with van der Waals surface area (Å²) < 4.78 is 0. The van der Waals surface area contributed by atoms with Gasteiger partial charge >= 0.3 is 0 Å². The van der Waals surface area contributed by atoms with Gasteiger partial charge in [-0.05, 0) is 29.1 Å². The molecule has 4 rings (SSSR count). The van der Waals surface area contributed by atoms with Crippen LogP contribution >= 0.6 is 11.3 Å². The second-order valence-corrected chi connectivity index (χ2v) is 5.87. The summed E-state index contributed by atoms with van der Waals surface area (Å²) >= 11 is 1.68. The summed E-state index contributed by atoms with van der Waals surface area (Å²) in [6.45, 7) is 0. The summed E-state index contributed by atoms with van der Waals surface area (Å²) in [4.78, 5) is 4.06. The van der Waals surface area contributed by atoms with Gasteiger partial charge in [0.05, 0.1) is 5.69 Å². The topological polar surface area (TPSA) is 38.7 Å². The van der Waals surface area contributed by atoms with Gasteiger partial charge in [-0.3, -0.25) is 4.98 Å². The van der Waals surface area contributed by atoms with E-state index in [1.165, 1.54) is 5.56 Å². The summed E-state index contributed by atoms with van der Waals surface area (Å²) in [5.41, 5.74) is 4.28. The Morgan fingerprint density at radius 2 is 1.68 bits per heavy atom. The second-order valence-electron chi connectivity index (χ2n) is 5.09.